The zero-order valence-electron chi connectivity index (χ0n) is 11.1. The highest BCUT2D eigenvalue weighted by Gasteiger charge is 2.12. The average Bonchev–Trinajstić information content (AvgIpc) is 2.36. The second kappa shape index (κ2) is 5.97. The van der Waals surface area contributed by atoms with Crippen molar-refractivity contribution in [3.8, 4) is 0 Å². The van der Waals surface area contributed by atoms with Crippen LogP contribution in [0.4, 0.5) is 11.4 Å². The number of amides is 1. The van der Waals surface area contributed by atoms with Crippen LogP contribution in [-0.4, -0.2) is 5.91 Å². The van der Waals surface area contributed by atoms with E-state index in [1.165, 1.54) is 0 Å². The quantitative estimate of drug-likeness (QED) is 0.723. The van der Waals surface area contributed by atoms with Crippen LogP contribution >= 0.6 is 31.9 Å². The first kappa shape index (κ1) is 15.1. The number of hydrogen-bond donors (Lipinski definition) is 2. The maximum Gasteiger partial charge on any atom is 0.255 e. The Hall–Kier alpha value is -1.33. The van der Waals surface area contributed by atoms with Crippen molar-refractivity contribution in [3.05, 3.63) is 56.0 Å². The number of nitrogens with two attached hydrogens (primary N) is 1. The zero-order chi connectivity index (χ0) is 14.9. The van der Waals surface area contributed by atoms with E-state index < -0.39 is 0 Å². The molecule has 2 aromatic carbocycles. The first-order valence-electron chi connectivity index (χ1n) is 6.01. The van der Waals surface area contributed by atoms with Gasteiger partial charge in [-0.25, -0.2) is 0 Å². The first-order chi connectivity index (χ1) is 9.38. The summed E-state index contributed by atoms with van der Waals surface area (Å²) in [7, 11) is 0. The monoisotopic (exact) mass is 396 g/mol. The number of aryl methyl sites for hydroxylation is 2. The fourth-order valence-corrected chi connectivity index (χ4v) is 3.44. The van der Waals surface area contributed by atoms with E-state index in [9.17, 15) is 4.79 Å². The minimum absolute atomic E-state index is 0.168. The second-order valence-corrected chi connectivity index (χ2v) is 6.34. The average molecular weight is 398 g/mol. The molecule has 0 unspecified atom stereocenters. The SMILES string of the molecule is Cc1cc(Br)c(NC(=O)c2ccc(N)c(C)c2)c(Br)c1. The maximum absolute atomic E-state index is 12.3. The van der Waals surface area contributed by atoms with Crippen molar-refractivity contribution in [1.29, 1.82) is 0 Å². The highest BCUT2D eigenvalue weighted by molar-refractivity contribution is 9.11. The minimum atomic E-state index is -0.168. The molecule has 0 bridgehead atoms. The van der Waals surface area contributed by atoms with Gasteiger partial charge in [0.1, 0.15) is 0 Å². The largest absolute Gasteiger partial charge is 0.399 e. The first-order valence-corrected chi connectivity index (χ1v) is 7.60. The van der Waals surface area contributed by atoms with Crippen molar-refractivity contribution in [3.63, 3.8) is 0 Å². The number of nitrogen functional groups attached to an aromatic ring is 1. The Morgan fingerprint density at radius 2 is 1.70 bits per heavy atom. The van der Waals surface area contributed by atoms with Gasteiger partial charge in [-0.3, -0.25) is 4.79 Å². The van der Waals surface area contributed by atoms with Gasteiger partial charge in [0.2, 0.25) is 0 Å². The summed E-state index contributed by atoms with van der Waals surface area (Å²) in [6.45, 7) is 3.87. The summed E-state index contributed by atoms with van der Waals surface area (Å²) in [4.78, 5) is 12.3. The third-order valence-electron chi connectivity index (χ3n) is 2.96. The van der Waals surface area contributed by atoms with Crippen molar-refractivity contribution in [2.45, 2.75) is 13.8 Å². The summed E-state index contributed by atoms with van der Waals surface area (Å²) >= 11 is 6.92. The molecule has 0 spiro atoms. The van der Waals surface area contributed by atoms with Crippen LogP contribution in [0, 0.1) is 13.8 Å². The van der Waals surface area contributed by atoms with Gasteiger partial charge in [-0.05, 0) is 87.2 Å². The lowest BCUT2D eigenvalue weighted by molar-refractivity contribution is 0.102. The molecule has 0 heterocycles. The number of carbonyl (C=O) groups excluding carboxylic acids is 1. The molecule has 20 heavy (non-hydrogen) atoms. The molecule has 2 aromatic rings. The lowest BCUT2D eigenvalue weighted by atomic mass is 10.1. The zero-order valence-corrected chi connectivity index (χ0v) is 14.3. The highest BCUT2D eigenvalue weighted by Crippen LogP contribution is 2.32. The fourth-order valence-electron chi connectivity index (χ4n) is 1.82. The standard InChI is InChI=1S/C15H14Br2N2O/c1-8-5-11(16)14(12(17)6-8)19-15(20)10-3-4-13(18)9(2)7-10/h3-7H,18H2,1-2H3,(H,19,20). The van der Waals surface area contributed by atoms with Gasteiger partial charge in [-0.2, -0.15) is 0 Å². The van der Waals surface area contributed by atoms with Crippen LogP contribution in [0.3, 0.4) is 0 Å². The molecule has 3 N–H and O–H groups in total. The van der Waals surface area contributed by atoms with Crippen LogP contribution in [0.1, 0.15) is 21.5 Å². The lowest BCUT2D eigenvalue weighted by Gasteiger charge is -2.11. The molecule has 0 aliphatic carbocycles. The summed E-state index contributed by atoms with van der Waals surface area (Å²) in [5, 5.41) is 2.90. The van der Waals surface area contributed by atoms with Crippen LogP contribution in [0.2, 0.25) is 0 Å². The van der Waals surface area contributed by atoms with Crippen LogP contribution in [0.25, 0.3) is 0 Å². The van der Waals surface area contributed by atoms with Gasteiger partial charge in [-0.1, -0.05) is 0 Å². The normalized spacial score (nSPS) is 10.4. The van der Waals surface area contributed by atoms with Crippen molar-refractivity contribution in [2.75, 3.05) is 11.1 Å². The summed E-state index contributed by atoms with van der Waals surface area (Å²) < 4.78 is 1.68. The van der Waals surface area contributed by atoms with E-state index in [4.69, 9.17) is 5.73 Å². The van der Waals surface area contributed by atoms with E-state index in [0.29, 0.717) is 11.3 Å². The topological polar surface area (TPSA) is 55.1 Å². The molecule has 0 radical (unpaired) electrons. The smallest absolute Gasteiger partial charge is 0.255 e. The minimum Gasteiger partial charge on any atom is -0.399 e. The van der Waals surface area contributed by atoms with E-state index in [-0.39, 0.29) is 5.91 Å². The molecule has 0 fully saturated rings. The van der Waals surface area contributed by atoms with E-state index in [1.807, 2.05) is 26.0 Å². The molecule has 3 nitrogen and oxygen atoms in total. The number of hydrogen-bond acceptors (Lipinski definition) is 2. The van der Waals surface area contributed by atoms with Gasteiger partial charge >= 0.3 is 0 Å². The van der Waals surface area contributed by atoms with Gasteiger partial charge < -0.3 is 11.1 Å². The van der Waals surface area contributed by atoms with Gasteiger partial charge in [0.05, 0.1) is 5.69 Å². The predicted octanol–water partition coefficient (Wildman–Crippen LogP) is 4.66. The fraction of sp³-hybridized carbons (Fsp3) is 0.133. The second-order valence-electron chi connectivity index (χ2n) is 4.63. The summed E-state index contributed by atoms with van der Waals surface area (Å²) in [6, 6.07) is 9.14. The number of halogens is 2. The van der Waals surface area contributed by atoms with Crippen LogP contribution in [-0.2, 0) is 0 Å². The predicted molar refractivity (Wildman–Crippen MR) is 90.1 cm³/mol. The van der Waals surface area contributed by atoms with Crippen LogP contribution < -0.4 is 11.1 Å². The van der Waals surface area contributed by atoms with E-state index in [1.54, 1.807) is 18.2 Å². The Kier molecular flexibility index (Phi) is 4.50. The van der Waals surface area contributed by atoms with E-state index in [0.717, 1.165) is 25.8 Å². The molecule has 0 saturated carbocycles. The Morgan fingerprint density at radius 3 is 2.25 bits per heavy atom. The summed E-state index contributed by atoms with van der Waals surface area (Å²) in [5.74, 6) is -0.168. The molecule has 5 heteroatoms. The third kappa shape index (κ3) is 3.22. The molecule has 0 aliphatic rings. The number of benzene rings is 2. The number of nitrogens with one attached hydrogen (secondary N) is 1. The highest BCUT2D eigenvalue weighted by atomic mass is 79.9. The van der Waals surface area contributed by atoms with Crippen molar-refractivity contribution < 1.29 is 4.79 Å². The van der Waals surface area contributed by atoms with Crippen molar-refractivity contribution in [2.24, 2.45) is 0 Å². The Bertz CT molecular complexity index is 661. The summed E-state index contributed by atoms with van der Waals surface area (Å²) in [5.41, 5.74) is 9.73. The van der Waals surface area contributed by atoms with Crippen LogP contribution in [0.5, 0.6) is 0 Å². The number of anilines is 2. The van der Waals surface area contributed by atoms with Crippen molar-refractivity contribution in [1.82, 2.24) is 0 Å². The third-order valence-corrected chi connectivity index (χ3v) is 4.21. The Morgan fingerprint density at radius 1 is 1.10 bits per heavy atom. The molecule has 0 aromatic heterocycles. The molecular formula is C15H14Br2N2O. The lowest BCUT2D eigenvalue weighted by Crippen LogP contribution is -2.13. The van der Waals surface area contributed by atoms with E-state index >= 15 is 0 Å². The van der Waals surface area contributed by atoms with Gasteiger partial charge in [-0.15, -0.1) is 0 Å². The molecule has 0 saturated heterocycles. The maximum atomic E-state index is 12.3. The van der Waals surface area contributed by atoms with Crippen molar-refractivity contribution >= 4 is 49.1 Å². The Labute approximate surface area is 134 Å². The van der Waals surface area contributed by atoms with Gasteiger partial charge in [0, 0.05) is 20.2 Å². The molecule has 2 rings (SSSR count). The molecular weight excluding hydrogens is 384 g/mol. The molecule has 0 atom stereocenters. The van der Waals surface area contributed by atoms with Crippen LogP contribution in [0.15, 0.2) is 39.3 Å². The Balaban J connectivity index is 2.30. The number of carbonyl (C=O) groups is 1. The molecule has 0 aliphatic heterocycles. The molecule has 104 valence electrons. The van der Waals surface area contributed by atoms with Gasteiger partial charge in [0.15, 0.2) is 0 Å². The van der Waals surface area contributed by atoms with Gasteiger partial charge in [0.25, 0.3) is 5.91 Å². The molecule has 1 amide bonds. The number of rotatable bonds is 2. The van der Waals surface area contributed by atoms with E-state index in [2.05, 4.69) is 37.2 Å². The summed E-state index contributed by atoms with van der Waals surface area (Å²) in [6.07, 6.45) is 0.